The van der Waals surface area contributed by atoms with E-state index in [-0.39, 0.29) is 41.2 Å². The number of hydrazine groups is 1. The average Bonchev–Trinajstić information content (AvgIpc) is 2.85. The number of piperazine rings is 1. The first-order valence-electron chi connectivity index (χ1n) is 12.1. The average molecular weight is 460 g/mol. The van der Waals surface area contributed by atoms with Crippen molar-refractivity contribution < 1.29 is 18.8 Å². The lowest BCUT2D eigenvalue weighted by Gasteiger charge is -2.41. The van der Waals surface area contributed by atoms with Crippen molar-refractivity contribution in [2.24, 2.45) is 17.6 Å². The molecule has 1 aromatic carbocycles. The van der Waals surface area contributed by atoms with E-state index in [1.54, 1.807) is 21.9 Å². The molecule has 0 radical (unpaired) electrons. The maximum atomic E-state index is 14.6. The van der Waals surface area contributed by atoms with Gasteiger partial charge in [-0.2, -0.15) is 0 Å². The van der Waals surface area contributed by atoms with Gasteiger partial charge in [-0.25, -0.2) is 9.82 Å². The smallest absolute Gasteiger partial charge is 0.256 e. The Morgan fingerprint density at radius 3 is 2.58 bits per heavy atom. The molecule has 1 aliphatic carbocycles. The summed E-state index contributed by atoms with van der Waals surface area (Å²) in [7, 11) is 0. The molecule has 2 aliphatic heterocycles. The number of rotatable bonds is 6. The largest absolute Gasteiger partial charge is 0.339 e. The Morgan fingerprint density at radius 2 is 1.82 bits per heavy atom. The Kier molecular flexibility index (Phi) is 7.60. The topological polar surface area (TPSA) is 108 Å². The van der Waals surface area contributed by atoms with Crippen LogP contribution in [0.25, 0.3) is 0 Å². The number of halogens is 1. The molecule has 0 spiro atoms. The Bertz CT molecular complexity index is 887. The second-order valence-electron chi connectivity index (χ2n) is 9.38. The van der Waals surface area contributed by atoms with Crippen LogP contribution < -0.4 is 16.6 Å². The maximum absolute atomic E-state index is 14.6. The van der Waals surface area contributed by atoms with Gasteiger partial charge < -0.3 is 15.5 Å². The van der Waals surface area contributed by atoms with Crippen LogP contribution in [0.1, 0.15) is 54.4 Å². The van der Waals surface area contributed by atoms with E-state index < -0.39 is 5.82 Å². The molecule has 33 heavy (non-hydrogen) atoms. The number of amides is 3. The van der Waals surface area contributed by atoms with Crippen molar-refractivity contribution in [3.05, 3.63) is 35.1 Å². The third-order valence-electron chi connectivity index (χ3n) is 7.28. The van der Waals surface area contributed by atoms with Crippen molar-refractivity contribution in [2.45, 2.75) is 51.0 Å². The molecule has 180 valence electrons. The molecule has 3 atom stereocenters. The summed E-state index contributed by atoms with van der Waals surface area (Å²) in [5, 5.41) is 0. The number of hydrogen-bond donors (Lipinski definition) is 3. The zero-order valence-corrected chi connectivity index (χ0v) is 19.0. The van der Waals surface area contributed by atoms with E-state index in [0.29, 0.717) is 52.0 Å². The number of hydrogen-bond acceptors (Lipinski definition) is 5. The summed E-state index contributed by atoms with van der Waals surface area (Å²) < 4.78 is 14.6. The minimum Gasteiger partial charge on any atom is -0.339 e. The molecule has 0 bridgehead atoms. The van der Waals surface area contributed by atoms with E-state index >= 15 is 0 Å². The first-order valence-corrected chi connectivity index (χ1v) is 12.1. The molecule has 4 rings (SSSR count). The van der Waals surface area contributed by atoms with Gasteiger partial charge in [-0.15, -0.1) is 0 Å². The fraction of sp³-hybridized carbons (Fsp3) is 0.625. The van der Waals surface area contributed by atoms with Gasteiger partial charge in [0.25, 0.3) is 5.91 Å². The molecule has 4 N–H and O–H groups in total. The second-order valence-corrected chi connectivity index (χ2v) is 9.38. The Hall–Kier alpha value is -2.52. The molecule has 8 nitrogen and oxygen atoms in total. The fourth-order valence-corrected chi connectivity index (χ4v) is 5.39. The molecule has 3 fully saturated rings. The molecule has 0 aromatic heterocycles. The summed E-state index contributed by atoms with van der Waals surface area (Å²) in [4.78, 5) is 40.8. The summed E-state index contributed by atoms with van der Waals surface area (Å²) in [5.74, 6) is -0.494. The quantitative estimate of drug-likeness (QED) is 0.593. The van der Waals surface area contributed by atoms with Crippen molar-refractivity contribution >= 4 is 17.7 Å². The molecule has 3 amide bonds. The minimum atomic E-state index is -0.536. The number of fused-ring (bicyclic) bond motifs is 1. The maximum Gasteiger partial charge on any atom is 0.256 e. The number of carbonyl (C=O) groups excluding carboxylic acids is 3. The van der Waals surface area contributed by atoms with Gasteiger partial charge in [0, 0.05) is 44.6 Å². The number of nitrogens with two attached hydrogens (primary N) is 1. The lowest BCUT2D eigenvalue weighted by molar-refractivity contribution is -0.133. The van der Waals surface area contributed by atoms with Gasteiger partial charge in [-0.3, -0.25) is 19.8 Å². The summed E-state index contributed by atoms with van der Waals surface area (Å²) in [5.41, 5.74) is 12.3. The first-order chi connectivity index (χ1) is 16.0. The van der Waals surface area contributed by atoms with Crippen molar-refractivity contribution in [1.29, 1.82) is 0 Å². The molecule has 2 saturated heterocycles. The molecular weight excluding hydrogens is 425 g/mol. The summed E-state index contributed by atoms with van der Waals surface area (Å²) in [6, 6.07) is 4.78. The predicted molar refractivity (Wildman–Crippen MR) is 121 cm³/mol. The highest BCUT2D eigenvalue weighted by atomic mass is 19.1. The van der Waals surface area contributed by atoms with E-state index in [1.807, 2.05) is 0 Å². The number of nitrogens with zero attached hydrogens (tertiary/aromatic N) is 2. The SMILES string of the molecule is NCCCC(=O)N1CCN(C(=O)c2cc(CC3NNC(=O)C4CCCCC34)ccc2F)CC1. The van der Waals surface area contributed by atoms with Crippen molar-refractivity contribution in [3.63, 3.8) is 0 Å². The lowest BCUT2D eigenvalue weighted by Crippen LogP contribution is -2.60. The van der Waals surface area contributed by atoms with Crippen LogP contribution in [0.2, 0.25) is 0 Å². The number of benzene rings is 1. The van der Waals surface area contributed by atoms with Crippen LogP contribution in [0.5, 0.6) is 0 Å². The number of nitrogens with one attached hydrogen (secondary N) is 2. The van der Waals surface area contributed by atoms with Crippen LogP contribution >= 0.6 is 0 Å². The van der Waals surface area contributed by atoms with Crippen LogP contribution in [-0.2, 0) is 16.0 Å². The molecular formula is C24H34FN5O3. The molecule has 1 saturated carbocycles. The highest BCUT2D eigenvalue weighted by molar-refractivity contribution is 5.95. The minimum absolute atomic E-state index is 0.0235. The van der Waals surface area contributed by atoms with E-state index in [1.165, 1.54) is 6.07 Å². The molecule has 3 unspecified atom stereocenters. The van der Waals surface area contributed by atoms with Crippen molar-refractivity contribution in [1.82, 2.24) is 20.7 Å². The van der Waals surface area contributed by atoms with Gasteiger partial charge in [0.1, 0.15) is 5.82 Å². The molecule has 3 aliphatic rings. The lowest BCUT2D eigenvalue weighted by atomic mass is 9.72. The summed E-state index contributed by atoms with van der Waals surface area (Å²) in [6.45, 7) is 2.15. The van der Waals surface area contributed by atoms with E-state index in [4.69, 9.17) is 5.73 Å². The first kappa shape index (κ1) is 23.6. The van der Waals surface area contributed by atoms with E-state index in [0.717, 1.165) is 31.2 Å². The van der Waals surface area contributed by atoms with Crippen LogP contribution in [-0.4, -0.2) is 66.3 Å². The number of carbonyl (C=O) groups is 3. The standard InChI is InChI=1S/C24H34FN5O3/c25-20-8-7-16(15-21-17-4-1-2-5-18(17)23(32)28-27-21)14-19(20)24(33)30-12-10-29(11-13-30)22(31)6-3-9-26/h7-8,14,17-18,21,27H,1-6,9-13,15,26H2,(H,28,32). The summed E-state index contributed by atoms with van der Waals surface area (Å²) in [6.07, 6.45) is 5.77. The Labute approximate surface area is 194 Å². The van der Waals surface area contributed by atoms with Gasteiger partial charge in [-0.1, -0.05) is 18.9 Å². The highest BCUT2D eigenvalue weighted by Crippen LogP contribution is 2.35. The molecule has 2 heterocycles. The van der Waals surface area contributed by atoms with Crippen LogP contribution in [0, 0.1) is 17.7 Å². The monoisotopic (exact) mass is 459 g/mol. The van der Waals surface area contributed by atoms with Gasteiger partial charge in [0.2, 0.25) is 11.8 Å². The third-order valence-corrected chi connectivity index (χ3v) is 7.28. The van der Waals surface area contributed by atoms with Gasteiger partial charge >= 0.3 is 0 Å². The third kappa shape index (κ3) is 5.35. The van der Waals surface area contributed by atoms with E-state index in [9.17, 15) is 18.8 Å². The summed E-state index contributed by atoms with van der Waals surface area (Å²) >= 11 is 0. The van der Waals surface area contributed by atoms with Crippen molar-refractivity contribution in [2.75, 3.05) is 32.7 Å². The Balaban J connectivity index is 1.40. The Morgan fingerprint density at radius 1 is 1.09 bits per heavy atom. The normalized spacial score (nSPS) is 25.4. The van der Waals surface area contributed by atoms with Gasteiger partial charge in [0.15, 0.2) is 0 Å². The van der Waals surface area contributed by atoms with Crippen LogP contribution in [0.4, 0.5) is 4.39 Å². The predicted octanol–water partition coefficient (Wildman–Crippen LogP) is 1.20. The second kappa shape index (κ2) is 10.6. The van der Waals surface area contributed by atoms with Crippen molar-refractivity contribution in [3.8, 4) is 0 Å². The van der Waals surface area contributed by atoms with Gasteiger partial charge in [0.05, 0.1) is 5.56 Å². The highest BCUT2D eigenvalue weighted by Gasteiger charge is 2.40. The van der Waals surface area contributed by atoms with Crippen LogP contribution in [0.3, 0.4) is 0 Å². The van der Waals surface area contributed by atoms with Gasteiger partial charge in [-0.05, 0) is 55.8 Å². The van der Waals surface area contributed by atoms with E-state index in [2.05, 4.69) is 10.9 Å². The molecule has 9 heteroatoms. The molecule has 1 aromatic rings. The zero-order valence-electron chi connectivity index (χ0n) is 19.0. The zero-order chi connectivity index (χ0) is 23.4. The fourth-order valence-electron chi connectivity index (χ4n) is 5.39. The van der Waals surface area contributed by atoms with Crippen LogP contribution in [0.15, 0.2) is 18.2 Å².